The van der Waals surface area contributed by atoms with Crippen molar-refractivity contribution in [2.45, 2.75) is 19.9 Å². The van der Waals surface area contributed by atoms with Gasteiger partial charge in [-0.1, -0.05) is 12.1 Å². The summed E-state index contributed by atoms with van der Waals surface area (Å²) in [5.74, 6) is -0.845. The molecule has 1 aliphatic heterocycles. The van der Waals surface area contributed by atoms with Crippen molar-refractivity contribution in [2.24, 2.45) is 5.92 Å². The van der Waals surface area contributed by atoms with Crippen molar-refractivity contribution in [3.8, 4) is 5.75 Å². The molecule has 24 heavy (non-hydrogen) atoms. The summed E-state index contributed by atoms with van der Waals surface area (Å²) in [5, 5.41) is 8.57. The van der Waals surface area contributed by atoms with E-state index < -0.39 is 5.97 Å². The highest BCUT2D eigenvalue weighted by Crippen LogP contribution is 2.20. The SMILES string of the molecule is CCN1CC(C(=O)N(C)Cc2ccc(OCC(=O)O)cc2)CC1=O. The molecular weight excluding hydrogens is 312 g/mol. The van der Waals surface area contributed by atoms with Gasteiger partial charge in [-0.25, -0.2) is 4.79 Å². The van der Waals surface area contributed by atoms with E-state index in [2.05, 4.69) is 0 Å². The fraction of sp³-hybridized carbons (Fsp3) is 0.471. The number of hydrogen-bond donors (Lipinski definition) is 1. The lowest BCUT2D eigenvalue weighted by Gasteiger charge is -2.21. The summed E-state index contributed by atoms with van der Waals surface area (Å²) >= 11 is 0. The van der Waals surface area contributed by atoms with Gasteiger partial charge in [0, 0.05) is 33.1 Å². The molecule has 1 fully saturated rings. The first-order valence-electron chi connectivity index (χ1n) is 7.87. The highest BCUT2D eigenvalue weighted by molar-refractivity contribution is 5.89. The first-order chi connectivity index (χ1) is 11.4. The maximum atomic E-state index is 12.5. The first-order valence-corrected chi connectivity index (χ1v) is 7.87. The van der Waals surface area contributed by atoms with E-state index in [4.69, 9.17) is 9.84 Å². The molecule has 1 N–H and O–H groups in total. The number of nitrogens with zero attached hydrogens (tertiary/aromatic N) is 2. The van der Waals surface area contributed by atoms with Crippen LogP contribution in [0.1, 0.15) is 18.9 Å². The predicted octanol–water partition coefficient (Wildman–Crippen LogP) is 0.977. The van der Waals surface area contributed by atoms with Gasteiger partial charge in [0.1, 0.15) is 5.75 Å². The number of benzene rings is 1. The number of carbonyl (C=O) groups excluding carboxylic acids is 2. The molecule has 2 amide bonds. The largest absolute Gasteiger partial charge is 0.482 e. The van der Waals surface area contributed by atoms with Crippen molar-refractivity contribution in [2.75, 3.05) is 26.7 Å². The summed E-state index contributed by atoms with van der Waals surface area (Å²) in [4.78, 5) is 38.0. The van der Waals surface area contributed by atoms with E-state index in [1.807, 2.05) is 6.92 Å². The summed E-state index contributed by atoms with van der Waals surface area (Å²) in [6.45, 7) is 3.06. The summed E-state index contributed by atoms with van der Waals surface area (Å²) < 4.78 is 5.07. The van der Waals surface area contributed by atoms with Gasteiger partial charge in [0.25, 0.3) is 0 Å². The third kappa shape index (κ3) is 4.47. The predicted molar refractivity (Wildman–Crippen MR) is 86.4 cm³/mol. The van der Waals surface area contributed by atoms with Crippen LogP contribution in [0.3, 0.4) is 0 Å². The molecule has 0 radical (unpaired) electrons. The second-order valence-corrected chi connectivity index (χ2v) is 5.85. The number of hydrogen-bond acceptors (Lipinski definition) is 4. The zero-order valence-electron chi connectivity index (χ0n) is 13.9. The average molecular weight is 334 g/mol. The number of likely N-dealkylation sites (tertiary alicyclic amines) is 1. The molecule has 1 saturated heterocycles. The second-order valence-electron chi connectivity index (χ2n) is 5.85. The zero-order chi connectivity index (χ0) is 17.7. The van der Waals surface area contributed by atoms with Gasteiger partial charge in [-0.05, 0) is 24.6 Å². The highest BCUT2D eigenvalue weighted by atomic mass is 16.5. The summed E-state index contributed by atoms with van der Waals surface area (Å²) in [6, 6.07) is 6.93. The van der Waals surface area contributed by atoms with Gasteiger partial charge in [0.2, 0.25) is 11.8 Å². The molecule has 7 nitrogen and oxygen atoms in total. The van der Waals surface area contributed by atoms with Gasteiger partial charge in [-0.2, -0.15) is 0 Å². The summed E-state index contributed by atoms with van der Waals surface area (Å²) in [7, 11) is 1.72. The fourth-order valence-corrected chi connectivity index (χ4v) is 2.74. The molecule has 0 aliphatic carbocycles. The lowest BCUT2D eigenvalue weighted by molar-refractivity contribution is -0.139. The van der Waals surface area contributed by atoms with Crippen LogP contribution in [0.2, 0.25) is 0 Å². The van der Waals surface area contributed by atoms with Crippen LogP contribution in [0.4, 0.5) is 0 Å². The molecule has 130 valence electrons. The van der Waals surface area contributed by atoms with E-state index in [1.54, 1.807) is 41.1 Å². The molecule has 1 aromatic carbocycles. The van der Waals surface area contributed by atoms with E-state index in [-0.39, 0.29) is 30.8 Å². The summed E-state index contributed by atoms with van der Waals surface area (Å²) in [5.41, 5.74) is 0.908. The Kier molecular flexibility index (Phi) is 5.78. The fourth-order valence-electron chi connectivity index (χ4n) is 2.74. The Bertz CT molecular complexity index is 614. The Hall–Kier alpha value is -2.57. The van der Waals surface area contributed by atoms with Crippen LogP contribution in [0.5, 0.6) is 5.75 Å². The van der Waals surface area contributed by atoms with E-state index in [0.29, 0.717) is 25.4 Å². The maximum Gasteiger partial charge on any atom is 0.341 e. The van der Waals surface area contributed by atoms with Crippen LogP contribution in [-0.4, -0.2) is 59.4 Å². The van der Waals surface area contributed by atoms with Crippen LogP contribution >= 0.6 is 0 Å². The zero-order valence-corrected chi connectivity index (χ0v) is 13.9. The Balaban J connectivity index is 1.89. The Morgan fingerprint density at radius 2 is 2.00 bits per heavy atom. The topological polar surface area (TPSA) is 87.2 Å². The normalized spacial score (nSPS) is 17.0. The monoisotopic (exact) mass is 334 g/mol. The second kappa shape index (κ2) is 7.81. The number of carboxylic acid groups (broad SMARTS) is 1. The Labute approximate surface area is 140 Å². The average Bonchev–Trinajstić information content (AvgIpc) is 2.94. The third-order valence-corrected chi connectivity index (χ3v) is 4.03. The van der Waals surface area contributed by atoms with Crippen molar-refractivity contribution in [1.82, 2.24) is 9.80 Å². The van der Waals surface area contributed by atoms with Gasteiger partial charge >= 0.3 is 5.97 Å². The smallest absolute Gasteiger partial charge is 0.341 e. The number of rotatable bonds is 7. The molecule has 1 aromatic rings. The molecular formula is C17H22N2O5. The van der Waals surface area contributed by atoms with Gasteiger partial charge < -0.3 is 19.6 Å². The minimum absolute atomic E-state index is 0.0317. The first kappa shape index (κ1) is 17.8. The van der Waals surface area contributed by atoms with Gasteiger partial charge in [0.05, 0.1) is 5.92 Å². The molecule has 7 heteroatoms. The molecule has 0 spiro atoms. The standard InChI is InChI=1S/C17H22N2O5/c1-3-19-10-13(8-15(19)20)17(23)18(2)9-12-4-6-14(7-5-12)24-11-16(21)22/h4-7,13H,3,8-11H2,1-2H3,(H,21,22). The van der Waals surface area contributed by atoms with Gasteiger partial charge in [-0.3, -0.25) is 9.59 Å². The Morgan fingerprint density at radius 3 is 2.54 bits per heavy atom. The lowest BCUT2D eigenvalue weighted by Crippen LogP contribution is -2.34. The van der Waals surface area contributed by atoms with Gasteiger partial charge in [0.15, 0.2) is 6.61 Å². The molecule has 1 aliphatic rings. The molecule has 0 aromatic heterocycles. The minimum atomic E-state index is -1.03. The van der Waals surface area contributed by atoms with E-state index in [1.165, 1.54) is 0 Å². The van der Waals surface area contributed by atoms with Crippen LogP contribution < -0.4 is 4.74 Å². The van der Waals surface area contributed by atoms with E-state index in [0.717, 1.165) is 5.56 Å². The maximum absolute atomic E-state index is 12.5. The quantitative estimate of drug-likeness (QED) is 0.803. The number of amides is 2. The molecule has 1 heterocycles. The number of carbonyl (C=O) groups is 3. The minimum Gasteiger partial charge on any atom is -0.482 e. The van der Waals surface area contributed by atoms with Gasteiger partial charge in [-0.15, -0.1) is 0 Å². The van der Waals surface area contributed by atoms with Crippen LogP contribution in [-0.2, 0) is 20.9 Å². The molecule has 1 unspecified atom stereocenters. The van der Waals surface area contributed by atoms with Crippen molar-refractivity contribution in [3.05, 3.63) is 29.8 Å². The molecule has 0 saturated carbocycles. The van der Waals surface area contributed by atoms with E-state index in [9.17, 15) is 14.4 Å². The molecule has 0 bridgehead atoms. The van der Waals surface area contributed by atoms with E-state index >= 15 is 0 Å². The number of ether oxygens (including phenoxy) is 1. The molecule has 2 rings (SSSR count). The Morgan fingerprint density at radius 1 is 1.33 bits per heavy atom. The van der Waals surface area contributed by atoms with Crippen LogP contribution in [0.25, 0.3) is 0 Å². The van der Waals surface area contributed by atoms with Crippen molar-refractivity contribution < 1.29 is 24.2 Å². The van der Waals surface area contributed by atoms with Crippen molar-refractivity contribution in [3.63, 3.8) is 0 Å². The number of aliphatic carboxylic acids is 1. The summed E-state index contributed by atoms with van der Waals surface area (Å²) in [6.07, 6.45) is 0.277. The highest BCUT2D eigenvalue weighted by Gasteiger charge is 2.34. The van der Waals surface area contributed by atoms with Crippen LogP contribution in [0, 0.1) is 5.92 Å². The van der Waals surface area contributed by atoms with Crippen molar-refractivity contribution in [1.29, 1.82) is 0 Å². The number of carboxylic acids is 1. The third-order valence-electron chi connectivity index (χ3n) is 4.03. The lowest BCUT2D eigenvalue weighted by atomic mass is 10.1. The molecule has 1 atom stereocenters. The van der Waals surface area contributed by atoms with Crippen LogP contribution in [0.15, 0.2) is 24.3 Å². The van der Waals surface area contributed by atoms with Crippen molar-refractivity contribution >= 4 is 17.8 Å².